The van der Waals surface area contributed by atoms with Crippen molar-refractivity contribution in [1.29, 1.82) is 0 Å². The molecule has 2 aromatic heterocycles. The number of nitrogens with zero attached hydrogens (tertiary/aromatic N) is 4. The monoisotopic (exact) mass is 304 g/mol. The minimum absolute atomic E-state index is 0.852. The molecule has 0 atom stereocenters. The van der Waals surface area contributed by atoms with Crippen LogP contribution in [0.25, 0.3) is 0 Å². The lowest BCUT2D eigenvalue weighted by atomic mass is 10.1. The van der Waals surface area contributed by atoms with E-state index in [0.29, 0.717) is 0 Å². The van der Waals surface area contributed by atoms with Gasteiger partial charge in [-0.1, -0.05) is 36.4 Å². The molecule has 116 valence electrons. The molecule has 3 aromatic rings. The second kappa shape index (κ2) is 6.24. The number of hydrogen-bond acceptors (Lipinski definition) is 3. The molecule has 0 fully saturated rings. The van der Waals surface area contributed by atoms with Gasteiger partial charge in [0, 0.05) is 31.4 Å². The van der Waals surface area contributed by atoms with E-state index in [0.717, 1.165) is 38.3 Å². The Kier molecular flexibility index (Phi) is 3.80. The quantitative estimate of drug-likeness (QED) is 0.743. The van der Waals surface area contributed by atoms with Crippen molar-refractivity contribution >= 4 is 5.82 Å². The fraction of sp³-hybridized carbons (Fsp3) is 0.263. The molecule has 1 aromatic carbocycles. The van der Waals surface area contributed by atoms with Crippen LogP contribution in [0, 0.1) is 0 Å². The van der Waals surface area contributed by atoms with Crippen LogP contribution in [0.2, 0.25) is 0 Å². The van der Waals surface area contributed by atoms with Crippen molar-refractivity contribution in [2.24, 2.45) is 0 Å². The Morgan fingerprint density at radius 2 is 1.83 bits per heavy atom. The number of anilines is 1. The number of benzene rings is 1. The lowest BCUT2D eigenvalue weighted by molar-refractivity contribution is 0.622. The van der Waals surface area contributed by atoms with Gasteiger partial charge < -0.3 is 9.47 Å². The van der Waals surface area contributed by atoms with Gasteiger partial charge in [-0.2, -0.15) is 0 Å². The molecule has 4 nitrogen and oxygen atoms in total. The van der Waals surface area contributed by atoms with Crippen LogP contribution in [0.15, 0.2) is 61.1 Å². The van der Waals surface area contributed by atoms with Crippen molar-refractivity contribution in [3.05, 3.63) is 78.0 Å². The van der Waals surface area contributed by atoms with Crippen molar-refractivity contribution in [1.82, 2.24) is 14.5 Å². The number of hydrogen-bond donors (Lipinski definition) is 0. The molecule has 0 saturated heterocycles. The number of imidazole rings is 1. The van der Waals surface area contributed by atoms with Crippen molar-refractivity contribution in [2.75, 3.05) is 11.4 Å². The molecule has 3 heterocycles. The standard InChI is InChI=1S/C19H20N4/c1-2-6-16(7-3-1)9-12-23-15-21-17-14-22(13-10-18(17)23)19-8-4-5-11-20-19/h1-8,11,15H,9-10,12-14H2. The number of aryl methyl sites for hydroxylation is 2. The van der Waals surface area contributed by atoms with Crippen LogP contribution in [0.5, 0.6) is 0 Å². The van der Waals surface area contributed by atoms with Crippen molar-refractivity contribution in [3.8, 4) is 0 Å². The molecule has 0 unspecified atom stereocenters. The zero-order chi connectivity index (χ0) is 15.5. The average molecular weight is 304 g/mol. The summed E-state index contributed by atoms with van der Waals surface area (Å²) < 4.78 is 2.32. The van der Waals surface area contributed by atoms with Crippen LogP contribution >= 0.6 is 0 Å². The van der Waals surface area contributed by atoms with Gasteiger partial charge in [-0.15, -0.1) is 0 Å². The summed E-state index contributed by atoms with van der Waals surface area (Å²) in [5.74, 6) is 1.04. The summed E-state index contributed by atoms with van der Waals surface area (Å²) in [6, 6.07) is 16.7. The molecule has 0 N–H and O–H groups in total. The van der Waals surface area contributed by atoms with Crippen molar-refractivity contribution in [3.63, 3.8) is 0 Å². The molecule has 0 amide bonds. The van der Waals surface area contributed by atoms with E-state index in [1.165, 1.54) is 17.0 Å². The second-order valence-corrected chi connectivity index (χ2v) is 5.93. The van der Waals surface area contributed by atoms with E-state index < -0.39 is 0 Å². The van der Waals surface area contributed by atoms with E-state index >= 15 is 0 Å². The summed E-state index contributed by atoms with van der Waals surface area (Å²) in [4.78, 5) is 11.4. The summed E-state index contributed by atoms with van der Waals surface area (Å²) in [5.41, 5.74) is 3.95. The maximum absolute atomic E-state index is 4.64. The Hall–Kier alpha value is -2.62. The Morgan fingerprint density at radius 3 is 2.65 bits per heavy atom. The van der Waals surface area contributed by atoms with Crippen LogP contribution < -0.4 is 4.90 Å². The van der Waals surface area contributed by atoms with Gasteiger partial charge in [-0.3, -0.25) is 0 Å². The Morgan fingerprint density at radius 1 is 0.957 bits per heavy atom. The van der Waals surface area contributed by atoms with Gasteiger partial charge in [-0.25, -0.2) is 9.97 Å². The smallest absolute Gasteiger partial charge is 0.128 e. The molecule has 0 aliphatic carbocycles. The topological polar surface area (TPSA) is 34.0 Å². The summed E-state index contributed by atoms with van der Waals surface area (Å²) in [6.07, 6.45) is 5.92. The summed E-state index contributed by atoms with van der Waals surface area (Å²) in [7, 11) is 0. The summed E-state index contributed by atoms with van der Waals surface area (Å²) in [5, 5.41) is 0. The van der Waals surface area contributed by atoms with E-state index in [-0.39, 0.29) is 0 Å². The molecule has 0 saturated carbocycles. The van der Waals surface area contributed by atoms with Gasteiger partial charge in [0.25, 0.3) is 0 Å². The van der Waals surface area contributed by atoms with E-state index in [9.17, 15) is 0 Å². The maximum Gasteiger partial charge on any atom is 0.128 e. The third-order valence-electron chi connectivity index (χ3n) is 4.45. The molecule has 23 heavy (non-hydrogen) atoms. The molecule has 4 heteroatoms. The first kappa shape index (κ1) is 14.0. The Labute approximate surface area is 136 Å². The molecule has 0 radical (unpaired) electrons. The van der Waals surface area contributed by atoms with Gasteiger partial charge in [-0.05, 0) is 24.1 Å². The highest BCUT2D eigenvalue weighted by atomic mass is 15.2. The van der Waals surface area contributed by atoms with Gasteiger partial charge in [0.1, 0.15) is 5.82 Å². The van der Waals surface area contributed by atoms with Crippen molar-refractivity contribution < 1.29 is 0 Å². The summed E-state index contributed by atoms with van der Waals surface area (Å²) in [6.45, 7) is 2.85. The fourth-order valence-electron chi connectivity index (χ4n) is 3.19. The highest BCUT2D eigenvalue weighted by Gasteiger charge is 2.21. The predicted molar refractivity (Wildman–Crippen MR) is 91.4 cm³/mol. The van der Waals surface area contributed by atoms with E-state index in [1.807, 2.05) is 24.7 Å². The fourth-order valence-corrected chi connectivity index (χ4v) is 3.19. The molecule has 0 spiro atoms. The largest absolute Gasteiger partial charge is 0.350 e. The van der Waals surface area contributed by atoms with E-state index in [4.69, 9.17) is 0 Å². The van der Waals surface area contributed by atoms with Gasteiger partial charge in [0.2, 0.25) is 0 Å². The lowest BCUT2D eigenvalue weighted by Gasteiger charge is -2.28. The molecule has 4 rings (SSSR count). The van der Waals surface area contributed by atoms with Crippen molar-refractivity contribution in [2.45, 2.75) is 25.9 Å². The minimum atomic E-state index is 0.852. The minimum Gasteiger partial charge on any atom is -0.350 e. The number of aromatic nitrogens is 3. The predicted octanol–water partition coefficient (Wildman–Crippen LogP) is 3.08. The third-order valence-corrected chi connectivity index (χ3v) is 4.45. The first-order valence-electron chi connectivity index (χ1n) is 8.13. The Balaban J connectivity index is 1.47. The normalized spacial score (nSPS) is 13.8. The SMILES string of the molecule is c1ccc(CCn2cnc3c2CCN(c2ccccn2)C3)cc1. The van der Waals surface area contributed by atoms with Crippen LogP contribution in [-0.2, 0) is 25.9 Å². The number of fused-ring (bicyclic) bond motifs is 1. The van der Waals surface area contributed by atoms with E-state index in [1.54, 1.807) is 0 Å². The Bertz CT molecular complexity index is 751. The molecule has 1 aliphatic heterocycles. The first-order chi connectivity index (χ1) is 11.4. The highest BCUT2D eigenvalue weighted by molar-refractivity contribution is 5.41. The molecule has 1 aliphatic rings. The molecular formula is C19H20N4. The van der Waals surface area contributed by atoms with Crippen LogP contribution in [0.3, 0.4) is 0 Å². The zero-order valence-corrected chi connectivity index (χ0v) is 13.1. The van der Waals surface area contributed by atoms with Gasteiger partial charge >= 0.3 is 0 Å². The number of rotatable bonds is 4. The first-order valence-corrected chi connectivity index (χ1v) is 8.13. The van der Waals surface area contributed by atoms with Gasteiger partial charge in [0.15, 0.2) is 0 Å². The van der Waals surface area contributed by atoms with Crippen LogP contribution in [0.4, 0.5) is 5.82 Å². The van der Waals surface area contributed by atoms with Crippen LogP contribution in [-0.4, -0.2) is 21.1 Å². The van der Waals surface area contributed by atoms with E-state index in [2.05, 4.69) is 55.8 Å². The van der Waals surface area contributed by atoms with Gasteiger partial charge in [0.05, 0.1) is 18.6 Å². The highest BCUT2D eigenvalue weighted by Crippen LogP contribution is 2.22. The molecule has 0 bridgehead atoms. The lowest BCUT2D eigenvalue weighted by Crippen LogP contribution is -2.31. The molecular weight excluding hydrogens is 284 g/mol. The van der Waals surface area contributed by atoms with Crippen LogP contribution in [0.1, 0.15) is 17.0 Å². The third kappa shape index (κ3) is 2.97. The summed E-state index contributed by atoms with van der Waals surface area (Å²) >= 11 is 0. The zero-order valence-electron chi connectivity index (χ0n) is 13.1. The average Bonchev–Trinajstić information content (AvgIpc) is 3.04. The second-order valence-electron chi connectivity index (χ2n) is 5.93. The maximum atomic E-state index is 4.64. The number of pyridine rings is 1.